The van der Waals surface area contributed by atoms with Crippen molar-refractivity contribution >= 4 is 17.8 Å². The number of carbonyl (C=O) groups is 3. The minimum absolute atomic E-state index is 0.0465. The largest absolute Gasteiger partial charge is 0.336 e. The van der Waals surface area contributed by atoms with E-state index in [1.54, 1.807) is 0 Å². The van der Waals surface area contributed by atoms with Crippen molar-refractivity contribution in [3.8, 4) is 0 Å². The standard InChI is InChI=1S/C16H27NO4/c1-7-16(5,6)11(10-15(2,3)4)14(20)21-17-12(18)8-9-13(17)19/h11H,7-10H2,1-6H3. The number of hydroxylamine groups is 2. The summed E-state index contributed by atoms with van der Waals surface area (Å²) in [6, 6.07) is 0. The van der Waals surface area contributed by atoms with Crippen LogP contribution in [0.2, 0.25) is 0 Å². The Labute approximate surface area is 127 Å². The van der Waals surface area contributed by atoms with Crippen LogP contribution in [0.25, 0.3) is 0 Å². The Hall–Kier alpha value is -1.39. The van der Waals surface area contributed by atoms with Gasteiger partial charge in [0.25, 0.3) is 11.8 Å². The van der Waals surface area contributed by atoms with Gasteiger partial charge in [-0.3, -0.25) is 9.59 Å². The highest BCUT2D eigenvalue weighted by Gasteiger charge is 2.41. The van der Waals surface area contributed by atoms with E-state index in [0.717, 1.165) is 6.42 Å². The summed E-state index contributed by atoms with van der Waals surface area (Å²) in [5.74, 6) is -1.71. The van der Waals surface area contributed by atoms with E-state index < -0.39 is 17.8 Å². The van der Waals surface area contributed by atoms with Gasteiger partial charge in [-0.15, -0.1) is 5.06 Å². The van der Waals surface area contributed by atoms with E-state index in [2.05, 4.69) is 20.8 Å². The zero-order valence-corrected chi connectivity index (χ0v) is 14.0. The molecule has 5 nitrogen and oxygen atoms in total. The predicted octanol–water partition coefficient (Wildman–Crippen LogP) is 3.08. The number of carbonyl (C=O) groups excluding carboxylic acids is 3. The van der Waals surface area contributed by atoms with Crippen molar-refractivity contribution in [2.75, 3.05) is 0 Å². The Balaban J connectivity index is 2.90. The zero-order valence-electron chi connectivity index (χ0n) is 14.0. The second kappa shape index (κ2) is 6.16. The Morgan fingerprint density at radius 2 is 1.62 bits per heavy atom. The summed E-state index contributed by atoms with van der Waals surface area (Å²) in [5, 5.41) is 0.643. The third kappa shape index (κ3) is 4.55. The molecule has 5 heteroatoms. The van der Waals surface area contributed by atoms with Crippen molar-refractivity contribution in [3.63, 3.8) is 0 Å². The maximum absolute atomic E-state index is 12.5. The van der Waals surface area contributed by atoms with E-state index in [4.69, 9.17) is 4.84 Å². The first-order valence-corrected chi connectivity index (χ1v) is 7.55. The van der Waals surface area contributed by atoms with Gasteiger partial charge in [-0.2, -0.15) is 0 Å². The fraction of sp³-hybridized carbons (Fsp3) is 0.812. The molecule has 0 aromatic heterocycles. The van der Waals surface area contributed by atoms with E-state index in [0.29, 0.717) is 11.5 Å². The fourth-order valence-corrected chi connectivity index (χ4v) is 2.35. The molecule has 1 aliphatic rings. The molecule has 1 fully saturated rings. The number of hydrogen-bond acceptors (Lipinski definition) is 4. The van der Waals surface area contributed by atoms with Crippen LogP contribution in [0.4, 0.5) is 0 Å². The molecule has 0 N–H and O–H groups in total. The highest BCUT2D eigenvalue weighted by Crippen LogP contribution is 2.39. The number of imide groups is 1. The van der Waals surface area contributed by atoms with Gasteiger partial charge in [-0.1, -0.05) is 48.0 Å². The maximum Gasteiger partial charge on any atom is 0.336 e. The van der Waals surface area contributed by atoms with Gasteiger partial charge in [0, 0.05) is 12.8 Å². The third-order valence-electron chi connectivity index (χ3n) is 4.14. The maximum atomic E-state index is 12.5. The second-order valence-electron chi connectivity index (χ2n) is 7.65. The average Bonchev–Trinajstić information content (AvgIpc) is 2.66. The minimum atomic E-state index is -0.486. The van der Waals surface area contributed by atoms with E-state index >= 15 is 0 Å². The molecule has 1 heterocycles. The molecule has 0 radical (unpaired) electrons. The Morgan fingerprint density at radius 3 is 2.00 bits per heavy atom. The quantitative estimate of drug-likeness (QED) is 0.732. The van der Waals surface area contributed by atoms with Gasteiger partial charge in [0.05, 0.1) is 5.92 Å². The first-order chi connectivity index (χ1) is 9.48. The van der Waals surface area contributed by atoms with E-state index in [9.17, 15) is 14.4 Å². The first-order valence-electron chi connectivity index (χ1n) is 7.55. The van der Waals surface area contributed by atoms with Gasteiger partial charge in [-0.25, -0.2) is 4.79 Å². The SMILES string of the molecule is CCC(C)(C)C(CC(C)(C)C)C(=O)ON1C(=O)CCC1=O. The van der Waals surface area contributed by atoms with Crippen LogP contribution in [0.5, 0.6) is 0 Å². The van der Waals surface area contributed by atoms with Gasteiger partial charge in [0.15, 0.2) is 0 Å². The summed E-state index contributed by atoms with van der Waals surface area (Å²) in [7, 11) is 0. The molecular formula is C16H27NO4. The lowest BCUT2D eigenvalue weighted by molar-refractivity contribution is -0.204. The number of nitrogens with zero attached hydrogens (tertiary/aromatic N) is 1. The Bertz CT molecular complexity index is 418. The van der Waals surface area contributed by atoms with E-state index in [1.165, 1.54) is 0 Å². The van der Waals surface area contributed by atoms with Crippen molar-refractivity contribution < 1.29 is 19.2 Å². The molecule has 1 saturated heterocycles. The summed E-state index contributed by atoms with van der Waals surface area (Å²) >= 11 is 0. The van der Waals surface area contributed by atoms with Gasteiger partial charge < -0.3 is 4.84 Å². The lowest BCUT2D eigenvalue weighted by Gasteiger charge is -2.36. The Morgan fingerprint density at radius 1 is 1.14 bits per heavy atom. The predicted molar refractivity (Wildman–Crippen MR) is 78.8 cm³/mol. The summed E-state index contributed by atoms with van der Waals surface area (Å²) in [6.07, 6.45) is 1.69. The second-order valence-corrected chi connectivity index (χ2v) is 7.65. The summed E-state index contributed by atoms with van der Waals surface area (Å²) in [4.78, 5) is 40.8. The number of amides is 2. The smallest absolute Gasteiger partial charge is 0.330 e. The molecule has 2 amide bonds. The van der Waals surface area contributed by atoms with Gasteiger partial charge in [0.2, 0.25) is 0 Å². The molecular weight excluding hydrogens is 270 g/mol. The first kappa shape index (κ1) is 17.7. The molecule has 120 valence electrons. The highest BCUT2D eigenvalue weighted by atomic mass is 16.7. The van der Waals surface area contributed by atoms with Gasteiger partial charge >= 0.3 is 5.97 Å². The van der Waals surface area contributed by atoms with Crippen LogP contribution in [-0.2, 0) is 19.2 Å². The third-order valence-corrected chi connectivity index (χ3v) is 4.14. The molecule has 1 aliphatic heterocycles. The normalized spacial score (nSPS) is 18.1. The van der Waals surface area contributed by atoms with Crippen molar-refractivity contribution in [2.45, 2.75) is 67.2 Å². The summed E-state index contributed by atoms with van der Waals surface area (Å²) < 4.78 is 0. The van der Waals surface area contributed by atoms with Crippen LogP contribution in [0.15, 0.2) is 0 Å². The number of hydrogen-bond donors (Lipinski definition) is 0. The molecule has 0 aromatic rings. The Kier molecular flexibility index (Phi) is 5.18. The lowest BCUT2D eigenvalue weighted by atomic mass is 9.70. The van der Waals surface area contributed by atoms with Crippen LogP contribution in [-0.4, -0.2) is 22.8 Å². The van der Waals surface area contributed by atoms with Crippen LogP contribution in [0.3, 0.4) is 0 Å². The van der Waals surface area contributed by atoms with Crippen molar-refractivity contribution in [3.05, 3.63) is 0 Å². The zero-order chi connectivity index (χ0) is 16.4. The molecule has 1 rings (SSSR count). The molecule has 0 aromatic carbocycles. The molecule has 0 bridgehead atoms. The monoisotopic (exact) mass is 297 g/mol. The minimum Gasteiger partial charge on any atom is -0.330 e. The molecule has 0 aliphatic carbocycles. The van der Waals surface area contributed by atoms with Crippen LogP contribution in [0.1, 0.15) is 67.2 Å². The van der Waals surface area contributed by atoms with Crippen LogP contribution < -0.4 is 0 Å². The van der Waals surface area contributed by atoms with E-state index in [1.807, 2.05) is 20.8 Å². The van der Waals surface area contributed by atoms with Gasteiger partial charge in [0.1, 0.15) is 0 Å². The number of rotatable bonds is 5. The van der Waals surface area contributed by atoms with Crippen molar-refractivity contribution in [1.82, 2.24) is 5.06 Å². The van der Waals surface area contributed by atoms with Crippen molar-refractivity contribution in [2.24, 2.45) is 16.7 Å². The van der Waals surface area contributed by atoms with Gasteiger partial charge in [-0.05, 0) is 17.3 Å². The lowest BCUT2D eigenvalue weighted by Crippen LogP contribution is -2.40. The summed E-state index contributed by atoms with van der Waals surface area (Å²) in [6.45, 7) is 12.2. The average molecular weight is 297 g/mol. The molecule has 0 saturated carbocycles. The fourth-order valence-electron chi connectivity index (χ4n) is 2.35. The summed E-state index contributed by atoms with van der Waals surface area (Å²) in [5.41, 5.74) is -0.300. The van der Waals surface area contributed by atoms with Crippen molar-refractivity contribution in [1.29, 1.82) is 0 Å². The highest BCUT2D eigenvalue weighted by molar-refractivity contribution is 6.01. The molecule has 0 spiro atoms. The molecule has 1 unspecified atom stereocenters. The topological polar surface area (TPSA) is 63.7 Å². The van der Waals surface area contributed by atoms with Crippen LogP contribution in [0, 0.1) is 16.7 Å². The molecule has 1 atom stereocenters. The molecule has 21 heavy (non-hydrogen) atoms. The van der Waals surface area contributed by atoms with Crippen LogP contribution >= 0.6 is 0 Å². The van der Waals surface area contributed by atoms with E-state index in [-0.39, 0.29) is 29.6 Å².